The third-order valence-electron chi connectivity index (χ3n) is 5.20. The summed E-state index contributed by atoms with van der Waals surface area (Å²) in [7, 11) is 0. The van der Waals surface area contributed by atoms with Crippen molar-refractivity contribution in [2.75, 3.05) is 6.54 Å². The number of hydrogen-bond donors (Lipinski definition) is 0. The molecule has 0 amide bonds. The molecule has 1 heteroatoms. The van der Waals surface area contributed by atoms with Crippen LogP contribution in [0.3, 0.4) is 0 Å². The number of nitrogens with zero attached hydrogens (tertiary/aromatic N) is 1. The Balaban J connectivity index is 1.75. The van der Waals surface area contributed by atoms with Crippen LogP contribution in [-0.2, 0) is 6.54 Å². The summed E-state index contributed by atoms with van der Waals surface area (Å²) in [5, 5.41) is 2.63. The van der Waals surface area contributed by atoms with Gasteiger partial charge in [-0.05, 0) is 60.2 Å². The maximum absolute atomic E-state index is 2.57. The van der Waals surface area contributed by atoms with E-state index >= 15 is 0 Å². The van der Waals surface area contributed by atoms with E-state index in [0.717, 1.165) is 25.9 Å². The van der Waals surface area contributed by atoms with E-state index in [2.05, 4.69) is 105 Å². The number of allylic oxidation sites excluding steroid dienone is 1. The molecule has 0 bridgehead atoms. The van der Waals surface area contributed by atoms with Crippen molar-refractivity contribution >= 4 is 16.3 Å². The van der Waals surface area contributed by atoms with Crippen LogP contribution in [0.25, 0.3) is 16.3 Å². The lowest BCUT2D eigenvalue weighted by Crippen LogP contribution is -2.31. The second-order valence-electron chi connectivity index (χ2n) is 7.50. The molecule has 0 aliphatic carbocycles. The van der Waals surface area contributed by atoms with Crippen molar-refractivity contribution < 1.29 is 0 Å². The summed E-state index contributed by atoms with van der Waals surface area (Å²) in [6, 6.07) is 26.8. The first-order chi connectivity index (χ1) is 13.2. The number of rotatable bonds is 8. The van der Waals surface area contributed by atoms with Crippen LogP contribution in [-0.4, -0.2) is 17.5 Å². The summed E-state index contributed by atoms with van der Waals surface area (Å²) < 4.78 is 0. The summed E-state index contributed by atoms with van der Waals surface area (Å²) in [5.74, 6) is 0. The molecule has 0 heterocycles. The van der Waals surface area contributed by atoms with Gasteiger partial charge in [-0.2, -0.15) is 0 Å². The van der Waals surface area contributed by atoms with Crippen molar-refractivity contribution in [2.45, 2.75) is 46.2 Å². The van der Waals surface area contributed by atoms with Crippen molar-refractivity contribution in [1.82, 2.24) is 4.90 Å². The molecule has 0 radical (unpaired) electrons. The smallest absolute Gasteiger partial charge is 0.0236 e. The maximum atomic E-state index is 2.57. The highest BCUT2D eigenvalue weighted by Gasteiger charge is 2.12. The first-order valence-corrected chi connectivity index (χ1v) is 10.1. The predicted octanol–water partition coefficient (Wildman–Crippen LogP) is 6.93. The molecule has 27 heavy (non-hydrogen) atoms. The van der Waals surface area contributed by atoms with E-state index in [1.807, 2.05) is 0 Å². The molecule has 0 aliphatic rings. The number of hydrogen-bond acceptors (Lipinski definition) is 1. The zero-order valence-electron chi connectivity index (χ0n) is 16.9. The van der Waals surface area contributed by atoms with Gasteiger partial charge in [-0.3, -0.25) is 4.90 Å². The standard InChI is InChI=1S/C26H31N/c1-4-10-23(26-16-15-24-13-8-9-14-25(24)19-26)17-18-27(21(2)3)20-22-11-6-5-7-12-22/h5-16,19,21H,4,17-18,20H2,1-3H3/b23-10+. The van der Waals surface area contributed by atoms with Gasteiger partial charge in [0.05, 0.1) is 0 Å². The van der Waals surface area contributed by atoms with Gasteiger partial charge in [0.15, 0.2) is 0 Å². The molecule has 3 aromatic rings. The molecular formula is C26H31N. The van der Waals surface area contributed by atoms with Crippen molar-refractivity contribution in [2.24, 2.45) is 0 Å². The molecule has 0 aliphatic heterocycles. The predicted molar refractivity (Wildman–Crippen MR) is 119 cm³/mol. The average Bonchev–Trinajstić information content (AvgIpc) is 2.70. The van der Waals surface area contributed by atoms with Crippen LogP contribution in [0.1, 0.15) is 44.7 Å². The second kappa shape index (κ2) is 9.53. The Labute approximate surface area is 164 Å². The monoisotopic (exact) mass is 357 g/mol. The third kappa shape index (κ3) is 5.30. The highest BCUT2D eigenvalue weighted by molar-refractivity contribution is 5.86. The van der Waals surface area contributed by atoms with Gasteiger partial charge in [0.25, 0.3) is 0 Å². The molecule has 0 fully saturated rings. The Morgan fingerprint density at radius 2 is 1.59 bits per heavy atom. The van der Waals surface area contributed by atoms with Crippen LogP contribution < -0.4 is 0 Å². The lowest BCUT2D eigenvalue weighted by molar-refractivity contribution is 0.218. The SMILES string of the molecule is CC/C=C(\CCN(Cc1ccccc1)C(C)C)c1ccc2ccccc2c1. The summed E-state index contributed by atoms with van der Waals surface area (Å²) in [4.78, 5) is 2.57. The van der Waals surface area contributed by atoms with E-state index in [1.54, 1.807) is 0 Å². The minimum Gasteiger partial charge on any atom is -0.296 e. The molecular weight excluding hydrogens is 326 g/mol. The molecule has 0 spiro atoms. The molecule has 0 saturated heterocycles. The van der Waals surface area contributed by atoms with E-state index in [4.69, 9.17) is 0 Å². The van der Waals surface area contributed by atoms with Crippen LogP contribution in [0, 0.1) is 0 Å². The van der Waals surface area contributed by atoms with Crippen LogP contribution >= 0.6 is 0 Å². The van der Waals surface area contributed by atoms with Gasteiger partial charge in [-0.1, -0.05) is 79.7 Å². The van der Waals surface area contributed by atoms with Crippen molar-refractivity contribution in [1.29, 1.82) is 0 Å². The molecule has 0 N–H and O–H groups in total. The topological polar surface area (TPSA) is 3.24 Å². The molecule has 1 nitrogen and oxygen atoms in total. The zero-order chi connectivity index (χ0) is 19.1. The van der Waals surface area contributed by atoms with Gasteiger partial charge >= 0.3 is 0 Å². The molecule has 3 rings (SSSR count). The summed E-state index contributed by atoms with van der Waals surface area (Å²) >= 11 is 0. The van der Waals surface area contributed by atoms with Crippen LogP contribution in [0.5, 0.6) is 0 Å². The molecule has 3 aromatic carbocycles. The van der Waals surface area contributed by atoms with E-state index in [0.29, 0.717) is 6.04 Å². The van der Waals surface area contributed by atoms with Crippen LogP contribution in [0.15, 0.2) is 78.9 Å². The fraction of sp³-hybridized carbons (Fsp3) is 0.308. The zero-order valence-corrected chi connectivity index (χ0v) is 16.9. The quantitative estimate of drug-likeness (QED) is 0.422. The normalized spacial score (nSPS) is 12.3. The van der Waals surface area contributed by atoms with E-state index in [-0.39, 0.29) is 0 Å². The molecule has 0 unspecified atom stereocenters. The van der Waals surface area contributed by atoms with Gasteiger partial charge in [-0.25, -0.2) is 0 Å². The largest absolute Gasteiger partial charge is 0.296 e. The number of benzene rings is 3. The van der Waals surface area contributed by atoms with Gasteiger partial charge in [0.2, 0.25) is 0 Å². The van der Waals surface area contributed by atoms with Gasteiger partial charge in [0.1, 0.15) is 0 Å². The fourth-order valence-electron chi connectivity index (χ4n) is 3.60. The highest BCUT2D eigenvalue weighted by Crippen LogP contribution is 2.25. The summed E-state index contributed by atoms with van der Waals surface area (Å²) in [5.41, 5.74) is 4.21. The van der Waals surface area contributed by atoms with Crippen molar-refractivity contribution in [3.05, 3.63) is 90.0 Å². The third-order valence-corrected chi connectivity index (χ3v) is 5.20. The number of fused-ring (bicyclic) bond motifs is 1. The Kier molecular flexibility index (Phi) is 6.84. The Bertz CT molecular complexity index is 877. The molecule has 0 atom stereocenters. The second-order valence-corrected chi connectivity index (χ2v) is 7.50. The van der Waals surface area contributed by atoms with Crippen LogP contribution in [0.4, 0.5) is 0 Å². The Morgan fingerprint density at radius 3 is 2.30 bits per heavy atom. The minimum atomic E-state index is 0.532. The maximum Gasteiger partial charge on any atom is 0.0236 e. The highest BCUT2D eigenvalue weighted by atomic mass is 15.1. The van der Waals surface area contributed by atoms with Crippen molar-refractivity contribution in [3.63, 3.8) is 0 Å². The van der Waals surface area contributed by atoms with Gasteiger partial charge in [0, 0.05) is 19.1 Å². The fourth-order valence-corrected chi connectivity index (χ4v) is 3.60. The van der Waals surface area contributed by atoms with E-state index < -0.39 is 0 Å². The van der Waals surface area contributed by atoms with Crippen molar-refractivity contribution in [3.8, 4) is 0 Å². The Hall–Kier alpha value is -2.38. The lowest BCUT2D eigenvalue weighted by Gasteiger charge is -2.27. The first kappa shape index (κ1) is 19.4. The summed E-state index contributed by atoms with van der Waals surface area (Å²) in [6.07, 6.45) is 4.55. The first-order valence-electron chi connectivity index (χ1n) is 10.1. The van der Waals surface area contributed by atoms with Gasteiger partial charge in [-0.15, -0.1) is 0 Å². The summed E-state index contributed by atoms with van der Waals surface area (Å²) in [6.45, 7) is 8.90. The molecule has 0 aromatic heterocycles. The Morgan fingerprint density at radius 1 is 0.889 bits per heavy atom. The average molecular weight is 358 g/mol. The molecule has 0 saturated carbocycles. The molecule has 140 valence electrons. The van der Waals surface area contributed by atoms with Gasteiger partial charge < -0.3 is 0 Å². The lowest BCUT2D eigenvalue weighted by atomic mass is 9.98. The van der Waals surface area contributed by atoms with Crippen LogP contribution in [0.2, 0.25) is 0 Å². The van der Waals surface area contributed by atoms with E-state index in [9.17, 15) is 0 Å². The minimum absolute atomic E-state index is 0.532. The van der Waals surface area contributed by atoms with E-state index in [1.165, 1.54) is 27.5 Å².